The first-order valence-corrected chi connectivity index (χ1v) is 10.7. The van der Waals surface area contributed by atoms with Gasteiger partial charge < -0.3 is 15.0 Å². The average Bonchev–Trinajstić information content (AvgIpc) is 2.68. The van der Waals surface area contributed by atoms with Gasteiger partial charge in [0.05, 0.1) is 6.04 Å². The molecule has 2 aromatic carbocycles. The van der Waals surface area contributed by atoms with Crippen LogP contribution in [0.2, 0.25) is 0 Å². The summed E-state index contributed by atoms with van der Waals surface area (Å²) in [7, 11) is 0. The van der Waals surface area contributed by atoms with Gasteiger partial charge in [-0.3, -0.25) is 4.79 Å². The van der Waals surface area contributed by atoms with E-state index >= 15 is 0 Å². The van der Waals surface area contributed by atoms with E-state index in [1.807, 2.05) is 32.9 Å². The molecule has 1 saturated heterocycles. The van der Waals surface area contributed by atoms with Gasteiger partial charge in [0.1, 0.15) is 5.75 Å². The summed E-state index contributed by atoms with van der Waals surface area (Å²) in [6.45, 7) is 12.4. The SMILES string of the molecule is Cc1cc(C)cc(OC(C)C(=O)NC(C)c2ccc(N3CCC(C)CC3)cc2)c1. The number of nitrogens with one attached hydrogen (secondary N) is 1. The molecule has 1 aliphatic rings. The van der Waals surface area contributed by atoms with Gasteiger partial charge in [-0.25, -0.2) is 0 Å². The number of anilines is 1. The first-order chi connectivity index (χ1) is 13.8. The minimum absolute atomic E-state index is 0.0665. The zero-order chi connectivity index (χ0) is 21.0. The fourth-order valence-electron chi connectivity index (χ4n) is 3.91. The van der Waals surface area contributed by atoms with Crippen molar-refractivity contribution in [1.82, 2.24) is 5.32 Å². The maximum absolute atomic E-state index is 12.6. The molecule has 0 aliphatic carbocycles. The van der Waals surface area contributed by atoms with Crippen LogP contribution >= 0.6 is 0 Å². The lowest BCUT2D eigenvalue weighted by Gasteiger charge is -2.32. The number of ether oxygens (including phenoxy) is 1. The minimum Gasteiger partial charge on any atom is -0.481 e. The van der Waals surface area contributed by atoms with Crippen LogP contribution in [0.5, 0.6) is 5.75 Å². The molecular formula is C25H34N2O2. The van der Waals surface area contributed by atoms with Crippen LogP contribution < -0.4 is 15.0 Å². The number of amides is 1. The van der Waals surface area contributed by atoms with E-state index in [1.165, 1.54) is 18.5 Å². The second-order valence-electron chi connectivity index (χ2n) is 8.57. The van der Waals surface area contributed by atoms with Crippen LogP contribution in [0.15, 0.2) is 42.5 Å². The lowest BCUT2D eigenvalue weighted by atomic mass is 9.98. The van der Waals surface area contributed by atoms with Gasteiger partial charge in [-0.05, 0) is 87.4 Å². The molecular weight excluding hydrogens is 360 g/mol. The van der Waals surface area contributed by atoms with E-state index in [-0.39, 0.29) is 11.9 Å². The van der Waals surface area contributed by atoms with Gasteiger partial charge in [0.15, 0.2) is 6.10 Å². The number of carbonyl (C=O) groups is 1. The first-order valence-electron chi connectivity index (χ1n) is 10.7. The van der Waals surface area contributed by atoms with Crippen LogP contribution in [0.25, 0.3) is 0 Å². The molecule has 0 aromatic heterocycles. The molecule has 29 heavy (non-hydrogen) atoms. The van der Waals surface area contributed by atoms with Crippen LogP contribution in [0, 0.1) is 19.8 Å². The Morgan fingerprint density at radius 3 is 2.21 bits per heavy atom. The van der Waals surface area contributed by atoms with E-state index in [0.29, 0.717) is 0 Å². The Hall–Kier alpha value is -2.49. The van der Waals surface area contributed by atoms with E-state index < -0.39 is 6.10 Å². The monoisotopic (exact) mass is 394 g/mol. The largest absolute Gasteiger partial charge is 0.481 e. The molecule has 1 amide bonds. The predicted molar refractivity (Wildman–Crippen MR) is 120 cm³/mol. The number of carbonyl (C=O) groups excluding carboxylic acids is 1. The number of hydrogen-bond donors (Lipinski definition) is 1. The number of rotatable bonds is 6. The zero-order valence-electron chi connectivity index (χ0n) is 18.4. The van der Waals surface area contributed by atoms with Crippen LogP contribution in [0.4, 0.5) is 5.69 Å². The molecule has 156 valence electrons. The van der Waals surface area contributed by atoms with Crippen molar-refractivity contribution in [2.75, 3.05) is 18.0 Å². The summed E-state index contributed by atoms with van der Waals surface area (Å²) in [5.41, 5.74) is 4.63. The third-order valence-electron chi connectivity index (χ3n) is 5.78. The van der Waals surface area contributed by atoms with E-state index in [2.05, 4.69) is 47.5 Å². The minimum atomic E-state index is -0.548. The fourth-order valence-corrected chi connectivity index (χ4v) is 3.91. The second-order valence-corrected chi connectivity index (χ2v) is 8.57. The molecule has 4 heteroatoms. The molecule has 4 nitrogen and oxygen atoms in total. The van der Waals surface area contributed by atoms with Crippen LogP contribution in [-0.2, 0) is 4.79 Å². The van der Waals surface area contributed by atoms with Crippen LogP contribution in [0.1, 0.15) is 56.3 Å². The van der Waals surface area contributed by atoms with Crippen molar-refractivity contribution in [2.24, 2.45) is 5.92 Å². The third kappa shape index (κ3) is 5.75. The van der Waals surface area contributed by atoms with Gasteiger partial charge in [-0.2, -0.15) is 0 Å². The molecule has 1 fully saturated rings. The topological polar surface area (TPSA) is 41.6 Å². The molecule has 2 atom stereocenters. The molecule has 0 bridgehead atoms. The molecule has 1 aliphatic heterocycles. The Morgan fingerprint density at radius 1 is 1.03 bits per heavy atom. The average molecular weight is 395 g/mol. The standard InChI is InChI=1S/C25H34N2O2/c1-17-10-12-27(13-11-17)23-8-6-22(7-9-23)20(4)26-25(28)21(5)29-24-15-18(2)14-19(3)16-24/h6-9,14-17,20-21H,10-13H2,1-5H3,(H,26,28). The summed E-state index contributed by atoms with van der Waals surface area (Å²) in [5, 5.41) is 3.07. The van der Waals surface area contributed by atoms with Gasteiger partial charge in [0, 0.05) is 18.8 Å². The van der Waals surface area contributed by atoms with Crippen molar-refractivity contribution in [2.45, 2.75) is 59.6 Å². The number of piperidine rings is 1. The third-order valence-corrected chi connectivity index (χ3v) is 5.78. The summed E-state index contributed by atoms with van der Waals surface area (Å²) in [6.07, 6.45) is 1.97. The van der Waals surface area contributed by atoms with Gasteiger partial charge >= 0.3 is 0 Å². The Kier molecular flexibility index (Phi) is 6.83. The van der Waals surface area contributed by atoms with Gasteiger partial charge in [-0.15, -0.1) is 0 Å². The van der Waals surface area contributed by atoms with Crippen molar-refractivity contribution in [3.05, 3.63) is 59.2 Å². The van der Waals surface area contributed by atoms with Crippen molar-refractivity contribution in [1.29, 1.82) is 0 Å². The normalized spacial score (nSPS) is 16.9. The van der Waals surface area contributed by atoms with Crippen molar-refractivity contribution in [3.63, 3.8) is 0 Å². The molecule has 0 spiro atoms. The van der Waals surface area contributed by atoms with Gasteiger partial charge in [0.25, 0.3) is 5.91 Å². The molecule has 1 heterocycles. The van der Waals surface area contributed by atoms with E-state index in [1.54, 1.807) is 6.92 Å². The summed E-state index contributed by atoms with van der Waals surface area (Å²) in [4.78, 5) is 15.1. The first kappa shape index (κ1) is 21.2. The molecule has 1 N–H and O–H groups in total. The molecule has 3 rings (SSSR count). The summed E-state index contributed by atoms with van der Waals surface area (Å²) < 4.78 is 5.86. The summed E-state index contributed by atoms with van der Waals surface area (Å²) >= 11 is 0. The summed E-state index contributed by atoms with van der Waals surface area (Å²) in [5.74, 6) is 1.46. The van der Waals surface area contributed by atoms with E-state index in [4.69, 9.17) is 4.74 Å². The van der Waals surface area contributed by atoms with Gasteiger partial charge in [-0.1, -0.05) is 25.1 Å². The smallest absolute Gasteiger partial charge is 0.261 e. The number of nitrogens with zero attached hydrogens (tertiary/aromatic N) is 1. The Balaban J connectivity index is 1.56. The highest BCUT2D eigenvalue weighted by Crippen LogP contribution is 2.25. The number of benzene rings is 2. The fraction of sp³-hybridized carbons (Fsp3) is 0.480. The zero-order valence-corrected chi connectivity index (χ0v) is 18.4. The highest BCUT2D eigenvalue weighted by molar-refractivity contribution is 5.81. The highest BCUT2D eigenvalue weighted by atomic mass is 16.5. The quantitative estimate of drug-likeness (QED) is 0.733. The van der Waals surface area contributed by atoms with Crippen molar-refractivity contribution >= 4 is 11.6 Å². The Morgan fingerprint density at radius 2 is 1.62 bits per heavy atom. The highest BCUT2D eigenvalue weighted by Gasteiger charge is 2.19. The van der Waals surface area contributed by atoms with Crippen LogP contribution in [0.3, 0.4) is 0 Å². The number of aryl methyl sites for hydroxylation is 2. The lowest BCUT2D eigenvalue weighted by Crippen LogP contribution is -2.37. The van der Waals surface area contributed by atoms with Crippen LogP contribution in [-0.4, -0.2) is 25.1 Å². The summed E-state index contributed by atoms with van der Waals surface area (Å²) in [6, 6.07) is 14.5. The van der Waals surface area contributed by atoms with E-state index in [0.717, 1.165) is 41.4 Å². The predicted octanol–water partition coefficient (Wildman–Crippen LogP) is 5.18. The van der Waals surface area contributed by atoms with Crippen molar-refractivity contribution in [3.8, 4) is 5.75 Å². The molecule has 2 unspecified atom stereocenters. The molecule has 2 aromatic rings. The Labute approximate surface area is 175 Å². The number of hydrogen-bond acceptors (Lipinski definition) is 3. The second kappa shape index (κ2) is 9.34. The lowest BCUT2D eigenvalue weighted by molar-refractivity contribution is -0.127. The van der Waals surface area contributed by atoms with E-state index in [9.17, 15) is 4.79 Å². The van der Waals surface area contributed by atoms with Crippen molar-refractivity contribution < 1.29 is 9.53 Å². The molecule has 0 saturated carbocycles. The maximum Gasteiger partial charge on any atom is 0.261 e. The molecule has 0 radical (unpaired) electrons. The van der Waals surface area contributed by atoms with Gasteiger partial charge in [0.2, 0.25) is 0 Å². The maximum atomic E-state index is 12.6. The Bertz CT molecular complexity index is 803.